The zero-order valence-corrected chi connectivity index (χ0v) is 29.7. The molecular formula is C43H53NO7. The van der Waals surface area contributed by atoms with Crippen LogP contribution >= 0.6 is 0 Å². The van der Waals surface area contributed by atoms with Crippen LogP contribution in [0.4, 0.5) is 0 Å². The van der Waals surface area contributed by atoms with Crippen molar-refractivity contribution in [1.29, 1.82) is 0 Å². The second kappa shape index (κ2) is 16.4. The SMILES string of the molecule is CCCCCc1cc(CCc2c(O)c(O)c3c(O)cccc3c2C=Cc2ccc(O)c(O)c2)ccc1CN[C@H]1CCO[C@]2(CCCC[C@H]2CO)C1. The molecule has 2 aliphatic rings. The molecule has 51 heavy (non-hydrogen) atoms. The zero-order valence-electron chi connectivity index (χ0n) is 29.7. The maximum Gasteiger partial charge on any atom is 0.169 e. The first-order valence-electron chi connectivity index (χ1n) is 18.7. The number of aliphatic hydroxyl groups excluding tert-OH is 1. The van der Waals surface area contributed by atoms with Crippen LogP contribution in [-0.4, -0.2) is 55.5 Å². The molecule has 0 unspecified atom stereocenters. The molecule has 2 fully saturated rings. The summed E-state index contributed by atoms with van der Waals surface area (Å²) in [7, 11) is 0. The van der Waals surface area contributed by atoms with E-state index in [1.807, 2.05) is 6.08 Å². The molecule has 0 aromatic heterocycles. The fourth-order valence-corrected chi connectivity index (χ4v) is 8.32. The maximum atomic E-state index is 11.3. The lowest BCUT2D eigenvalue weighted by Gasteiger charge is -2.48. The van der Waals surface area contributed by atoms with E-state index in [1.54, 1.807) is 24.3 Å². The molecule has 4 aromatic carbocycles. The third-order valence-corrected chi connectivity index (χ3v) is 11.2. The number of benzene rings is 4. The molecule has 0 bridgehead atoms. The van der Waals surface area contributed by atoms with Gasteiger partial charge in [0.2, 0.25) is 0 Å². The second-order valence-corrected chi connectivity index (χ2v) is 14.5. The highest BCUT2D eigenvalue weighted by Crippen LogP contribution is 2.46. The van der Waals surface area contributed by atoms with E-state index in [-0.39, 0.29) is 52.3 Å². The lowest BCUT2D eigenvalue weighted by atomic mass is 9.71. The summed E-state index contributed by atoms with van der Waals surface area (Å²) in [6.07, 6.45) is 15.3. The predicted octanol–water partition coefficient (Wildman–Crippen LogP) is 8.25. The number of hydrogen-bond donors (Lipinski definition) is 7. The van der Waals surface area contributed by atoms with Crippen LogP contribution in [0.5, 0.6) is 28.7 Å². The number of nitrogens with one attached hydrogen (secondary N) is 1. The van der Waals surface area contributed by atoms with Crippen molar-refractivity contribution in [2.45, 2.75) is 102 Å². The van der Waals surface area contributed by atoms with Crippen molar-refractivity contribution in [3.63, 3.8) is 0 Å². The Balaban J connectivity index is 1.24. The molecule has 1 saturated heterocycles. The van der Waals surface area contributed by atoms with Crippen LogP contribution in [0.15, 0.2) is 54.6 Å². The van der Waals surface area contributed by atoms with Gasteiger partial charge in [0.15, 0.2) is 23.0 Å². The molecule has 3 atom stereocenters. The summed E-state index contributed by atoms with van der Waals surface area (Å²) < 4.78 is 6.39. The van der Waals surface area contributed by atoms with Crippen molar-refractivity contribution in [3.8, 4) is 28.7 Å². The molecule has 4 aromatic rings. The fourth-order valence-electron chi connectivity index (χ4n) is 8.32. The van der Waals surface area contributed by atoms with E-state index in [0.29, 0.717) is 41.0 Å². The first-order valence-corrected chi connectivity index (χ1v) is 18.7. The Kier molecular flexibility index (Phi) is 11.8. The van der Waals surface area contributed by atoms with E-state index in [2.05, 4.69) is 30.4 Å². The van der Waals surface area contributed by atoms with Gasteiger partial charge < -0.3 is 40.7 Å². The van der Waals surface area contributed by atoms with Crippen molar-refractivity contribution in [1.82, 2.24) is 5.32 Å². The molecule has 0 amide bonds. The number of ether oxygens (including phenoxy) is 1. The molecule has 0 radical (unpaired) electrons. The van der Waals surface area contributed by atoms with Crippen molar-refractivity contribution in [3.05, 3.63) is 88.0 Å². The minimum absolute atomic E-state index is 0.132. The standard InChI is InChI=1S/C43H53NO7/c1-2-3-4-8-30-23-28(12-16-31(30)26-44-33-20-22-51-43(25-33)21-6-5-9-32(43)27-45)14-18-36-34(17-13-29-15-19-37(46)39(48)24-29)35-10-7-11-38(47)40(35)42(50)41(36)49/h7,10-13,15-17,19,23-24,32-33,44-50H,2-6,8-9,14,18,20-22,25-27H2,1H3/t32-,33-,43+/m0/s1. The molecule has 1 aliphatic heterocycles. The van der Waals surface area contributed by atoms with Gasteiger partial charge in [-0.3, -0.25) is 0 Å². The lowest BCUT2D eigenvalue weighted by molar-refractivity contribution is -0.152. The van der Waals surface area contributed by atoms with Gasteiger partial charge in [0.1, 0.15) is 5.75 Å². The van der Waals surface area contributed by atoms with Crippen LogP contribution in [0.1, 0.15) is 98.1 Å². The van der Waals surface area contributed by atoms with E-state index in [9.17, 15) is 30.6 Å². The van der Waals surface area contributed by atoms with Gasteiger partial charge in [-0.15, -0.1) is 0 Å². The van der Waals surface area contributed by atoms with Gasteiger partial charge in [-0.1, -0.05) is 81.2 Å². The Labute approximate surface area is 301 Å². The van der Waals surface area contributed by atoms with E-state index < -0.39 is 0 Å². The second-order valence-electron chi connectivity index (χ2n) is 14.5. The summed E-state index contributed by atoms with van der Waals surface area (Å²) in [6.45, 7) is 3.90. The lowest BCUT2D eigenvalue weighted by Crippen LogP contribution is -2.53. The van der Waals surface area contributed by atoms with Gasteiger partial charge in [0.25, 0.3) is 0 Å². The molecule has 6 rings (SSSR count). The summed E-state index contributed by atoms with van der Waals surface area (Å²) in [4.78, 5) is 0. The third kappa shape index (κ3) is 8.14. The van der Waals surface area contributed by atoms with Crippen LogP contribution in [0.25, 0.3) is 22.9 Å². The number of phenolic OH excluding ortho intramolecular Hbond substituents is 5. The molecule has 1 aliphatic carbocycles. The van der Waals surface area contributed by atoms with Gasteiger partial charge in [-0.25, -0.2) is 0 Å². The van der Waals surface area contributed by atoms with E-state index >= 15 is 0 Å². The highest BCUT2D eigenvalue weighted by atomic mass is 16.5. The number of unbranched alkanes of at least 4 members (excludes halogenated alkanes) is 2. The number of rotatable bonds is 13. The first kappa shape index (κ1) is 36.5. The van der Waals surface area contributed by atoms with Gasteiger partial charge in [-0.05, 0) is 103 Å². The van der Waals surface area contributed by atoms with Crippen LogP contribution in [-0.2, 0) is 30.5 Å². The topological polar surface area (TPSA) is 143 Å². The predicted molar refractivity (Wildman–Crippen MR) is 202 cm³/mol. The normalized spacial score (nSPS) is 20.8. The smallest absolute Gasteiger partial charge is 0.169 e. The van der Waals surface area contributed by atoms with Gasteiger partial charge in [-0.2, -0.15) is 0 Å². The number of aromatic hydroxyl groups is 5. The number of fused-ring (bicyclic) bond motifs is 1. The van der Waals surface area contributed by atoms with Crippen LogP contribution in [0.2, 0.25) is 0 Å². The number of hydrogen-bond acceptors (Lipinski definition) is 8. The minimum Gasteiger partial charge on any atom is -0.507 e. The quantitative estimate of drug-likeness (QED) is 0.0421. The molecule has 1 spiro atoms. The third-order valence-electron chi connectivity index (χ3n) is 11.2. The Morgan fingerprint density at radius 3 is 2.49 bits per heavy atom. The maximum absolute atomic E-state index is 11.3. The Morgan fingerprint density at radius 2 is 1.69 bits per heavy atom. The van der Waals surface area contributed by atoms with E-state index in [0.717, 1.165) is 82.9 Å². The summed E-state index contributed by atoms with van der Waals surface area (Å²) in [5, 5.41) is 67.5. The molecule has 272 valence electrons. The van der Waals surface area contributed by atoms with Gasteiger partial charge in [0, 0.05) is 37.3 Å². The van der Waals surface area contributed by atoms with Crippen molar-refractivity contribution in [2.75, 3.05) is 13.2 Å². The monoisotopic (exact) mass is 695 g/mol. The van der Waals surface area contributed by atoms with E-state index in [4.69, 9.17) is 4.74 Å². The van der Waals surface area contributed by atoms with Crippen molar-refractivity contribution < 1.29 is 35.4 Å². The van der Waals surface area contributed by atoms with Crippen LogP contribution in [0.3, 0.4) is 0 Å². The van der Waals surface area contributed by atoms with Gasteiger partial charge >= 0.3 is 0 Å². The Bertz CT molecular complexity index is 1850. The summed E-state index contributed by atoms with van der Waals surface area (Å²) in [5.74, 6) is -0.990. The number of aliphatic hydroxyl groups is 1. The first-order chi connectivity index (χ1) is 24.7. The zero-order chi connectivity index (χ0) is 36.0. The molecule has 1 heterocycles. The molecule has 1 saturated carbocycles. The fraction of sp³-hybridized carbons (Fsp3) is 0.442. The highest BCUT2D eigenvalue weighted by molar-refractivity contribution is 6.03. The van der Waals surface area contributed by atoms with Gasteiger partial charge in [0.05, 0.1) is 11.0 Å². The summed E-state index contributed by atoms with van der Waals surface area (Å²) in [5.41, 5.74) is 5.39. The van der Waals surface area contributed by atoms with Crippen molar-refractivity contribution >= 4 is 22.9 Å². The van der Waals surface area contributed by atoms with Crippen LogP contribution < -0.4 is 5.32 Å². The number of aryl methyl sites for hydroxylation is 2. The Hall–Kier alpha value is -4.24. The van der Waals surface area contributed by atoms with Crippen LogP contribution in [0, 0.1) is 5.92 Å². The molecular weight excluding hydrogens is 642 g/mol. The van der Waals surface area contributed by atoms with Crippen molar-refractivity contribution in [2.24, 2.45) is 5.92 Å². The van der Waals surface area contributed by atoms with E-state index in [1.165, 1.54) is 29.3 Å². The Morgan fingerprint density at radius 1 is 0.824 bits per heavy atom. The highest BCUT2D eigenvalue weighted by Gasteiger charge is 2.45. The molecule has 8 nitrogen and oxygen atoms in total. The summed E-state index contributed by atoms with van der Waals surface area (Å²) in [6, 6.07) is 16.5. The largest absolute Gasteiger partial charge is 0.507 e. The average Bonchev–Trinajstić information content (AvgIpc) is 3.13. The molecule has 7 N–H and O–H groups in total. The molecule has 8 heteroatoms. The summed E-state index contributed by atoms with van der Waals surface area (Å²) >= 11 is 0. The number of phenols is 5. The minimum atomic E-state index is -0.354. The average molecular weight is 696 g/mol.